The minimum absolute atomic E-state index is 0.290. The maximum atomic E-state index is 12.5. The Morgan fingerprint density at radius 3 is 2.64 bits per heavy atom. The van der Waals surface area contributed by atoms with Crippen molar-refractivity contribution in [2.75, 3.05) is 32.7 Å². The molecule has 1 N–H and O–H groups in total. The van der Waals surface area contributed by atoms with E-state index < -0.39 is 11.7 Å². The number of nitrogens with one attached hydrogen (secondary N) is 1. The van der Waals surface area contributed by atoms with Gasteiger partial charge >= 0.3 is 6.09 Å². The van der Waals surface area contributed by atoms with E-state index in [0.717, 1.165) is 11.1 Å². The first-order valence-electron chi connectivity index (χ1n) is 10.6. The number of ether oxygens (including phenoxy) is 4. The molecule has 0 saturated heterocycles. The van der Waals surface area contributed by atoms with E-state index in [-0.39, 0.29) is 5.91 Å². The van der Waals surface area contributed by atoms with Gasteiger partial charge in [-0.1, -0.05) is 12.1 Å². The van der Waals surface area contributed by atoms with Crippen molar-refractivity contribution in [1.29, 1.82) is 0 Å². The van der Waals surface area contributed by atoms with E-state index in [2.05, 4.69) is 5.32 Å². The van der Waals surface area contributed by atoms with Crippen molar-refractivity contribution in [3.63, 3.8) is 0 Å². The third-order valence-electron chi connectivity index (χ3n) is 4.60. The monoisotopic (exact) mass is 454 g/mol. The van der Waals surface area contributed by atoms with Crippen LogP contribution in [0.4, 0.5) is 10.5 Å². The standard InChI is InChI=1S/C25H30N2O6/c1-25(2,3)33-24(29)27(4)16-18-7-6-8-19(13-18)26-22(28)10-9-17-14-20(30-5)23-21(15-17)31-11-12-32-23/h6-10,13-15H,11-12,16H2,1-5H3,(H,26,28). The molecule has 0 atom stereocenters. The minimum atomic E-state index is -0.561. The second-order valence-electron chi connectivity index (χ2n) is 8.61. The summed E-state index contributed by atoms with van der Waals surface area (Å²) in [7, 11) is 3.23. The lowest BCUT2D eigenvalue weighted by atomic mass is 10.1. The van der Waals surface area contributed by atoms with Gasteiger partial charge in [0.15, 0.2) is 11.5 Å². The number of anilines is 1. The second kappa shape index (κ2) is 10.3. The molecule has 0 bridgehead atoms. The van der Waals surface area contributed by atoms with Gasteiger partial charge in [-0.25, -0.2) is 4.79 Å². The summed E-state index contributed by atoms with van der Waals surface area (Å²) in [4.78, 5) is 26.1. The molecule has 176 valence electrons. The molecule has 0 unspecified atom stereocenters. The quantitative estimate of drug-likeness (QED) is 0.648. The summed E-state index contributed by atoms with van der Waals surface area (Å²) in [6.45, 7) is 6.75. The highest BCUT2D eigenvalue weighted by molar-refractivity contribution is 6.02. The Kier molecular flexibility index (Phi) is 7.48. The summed E-state index contributed by atoms with van der Waals surface area (Å²) >= 11 is 0. The van der Waals surface area contributed by atoms with Gasteiger partial charge in [0.2, 0.25) is 11.7 Å². The molecule has 2 aromatic rings. The first kappa shape index (κ1) is 24.0. The van der Waals surface area contributed by atoms with Gasteiger partial charge in [-0.05, 0) is 62.2 Å². The lowest BCUT2D eigenvalue weighted by Gasteiger charge is -2.24. The van der Waals surface area contributed by atoms with Crippen LogP contribution in [-0.2, 0) is 16.1 Å². The highest BCUT2D eigenvalue weighted by atomic mass is 16.6. The largest absolute Gasteiger partial charge is 0.493 e. The molecular weight excluding hydrogens is 424 g/mol. The van der Waals surface area contributed by atoms with Gasteiger partial charge in [0.05, 0.1) is 7.11 Å². The SMILES string of the molecule is COc1cc(C=CC(=O)Nc2cccc(CN(C)C(=O)OC(C)(C)C)c2)cc2c1OCCO2. The molecule has 8 heteroatoms. The van der Waals surface area contributed by atoms with Gasteiger partial charge < -0.3 is 29.2 Å². The molecule has 1 aliphatic rings. The topological polar surface area (TPSA) is 86.3 Å². The van der Waals surface area contributed by atoms with Gasteiger partial charge in [-0.3, -0.25) is 4.79 Å². The number of hydrogen-bond acceptors (Lipinski definition) is 6. The Morgan fingerprint density at radius 1 is 1.15 bits per heavy atom. The van der Waals surface area contributed by atoms with Crippen molar-refractivity contribution in [2.45, 2.75) is 32.9 Å². The first-order chi connectivity index (χ1) is 15.6. The van der Waals surface area contributed by atoms with Crippen molar-refractivity contribution >= 4 is 23.8 Å². The summed E-state index contributed by atoms with van der Waals surface area (Å²) in [6, 6.07) is 10.9. The van der Waals surface area contributed by atoms with Crippen molar-refractivity contribution in [3.8, 4) is 17.2 Å². The van der Waals surface area contributed by atoms with Crippen LogP contribution in [0.15, 0.2) is 42.5 Å². The molecular formula is C25H30N2O6. The zero-order valence-electron chi connectivity index (χ0n) is 19.6. The molecule has 1 aliphatic heterocycles. The zero-order valence-corrected chi connectivity index (χ0v) is 19.6. The molecule has 2 amide bonds. The average molecular weight is 455 g/mol. The fourth-order valence-electron chi connectivity index (χ4n) is 3.17. The lowest BCUT2D eigenvalue weighted by molar-refractivity contribution is -0.111. The predicted molar refractivity (Wildman–Crippen MR) is 126 cm³/mol. The average Bonchev–Trinajstić information content (AvgIpc) is 2.76. The molecule has 0 aliphatic carbocycles. The van der Waals surface area contributed by atoms with Crippen LogP contribution in [0.2, 0.25) is 0 Å². The van der Waals surface area contributed by atoms with E-state index in [1.165, 1.54) is 11.0 Å². The van der Waals surface area contributed by atoms with Gasteiger partial charge in [-0.15, -0.1) is 0 Å². The van der Waals surface area contributed by atoms with Crippen molar-refractivity contribution < 1.29 is 28.5 Å². The predicted octanol–water partition coefficient (Wildman–Crippen LogP) is 4.49. The Hall–Kier alpha value is -3.68. The Labute approximate surface area is 194 Å². The van der Waals surface area contributed by atoms with Crippen molar-refractivity contribution in [3.05, 3.63) is 53.6 Å². The number of fused-ring (bicyclic) bond motifs is 1. The maximum absolute atomic E-state index is 12.5. The van der Waals surface area contributed by atoms with Gasteiger partial charge in [0.25, 0.3) is 0 Å². The summed E-state index contributed by atoms with van der Waals surface area (Å²) in [5.74, 6) is 1.41. The summed E-state index contributed by atoms with van der Waals surface area (Å²) in [5.41, 5.74) is 1.68. The number of rotatable bonds is 6. The number of carbonyl (C=O) groups is 2. The van der Waals surface area contributed by atoms with Crippen LogP contribution in [-0.4, -0.2) is 49.9 Å². The Balaban J connectivity index is 1.63. The summed E-state index contributed by atoms with van der Waals surface area (Å²) in [6.07, 6.45) is 2.70. The molecule has 0 saturated carbocycles. The summed E-state index contributed by atoms with van der Waals surface area (Å²) in [5, 5.41) is 2.84. The van der Waals surface area contributed by atoms with Crippen LogP contribution in [0.3, 0.4) is 0 Å². The lowest BCUT2D eigenvalue weighted by Crippen LogP contribution is -2.33. The molecule has 0 spiro atoms. The summed E-state index contributed by atoms with van der Waals surface area (Å²) < 4.78 is 22.0. The smallest absolute Gasteiger partial charge is 0.410 e. The minimum Gasteiger partial charge on any atom is -0.493 e. The maximum Gasteiger partial charge on any atom is 0.410 e. The number of nitrogens with zero attached hydrogens (tertiary/aromatic N) is 1. The molecule has 0 aromatic heterocycles. The molecule has 2 aromatic carbocycles. The third-order valence-corrected chi connectivity index (χ3v) is 4.60. The normalized spacial score (nSPS) is 12.9. The van der Waals surface area contributed by atoms with Crippen LogP contribution in [0.1, 0.15) is 31.9 Å². The fourth-order valence-corrected chi connectivity index (χ4v) is 3.17. The first-order valence-corrected chi connectivity index (χ1v) is 10.6. The number of benzene rings is 2. The molecule has 33 heavy (non-hydrogen) atoms. The van der Waals surface area contributed by atoms with E-state index >= 15 is 0 Å². The van der Waals surface area contributed by atoms with Gasteiger partial charge in [0, 0.05) is 25.4 Å². The van der Waals surface area contributed by atoms with E-state index in [1.54, 1.807) is 38.4 Å². The van der Waals surface area contributed by atoms with Gasteiger partial charge in [-0.2, -0.15) is 0 Å². The number of carbonyl (C=O) groups excluding carboxylic acids is 2. The number of hydrogen-bond donors (Lipinski definition) is 1. The third kappa shape index (κ3) is 6.90. The number of methoxy groups -OCH3 is 1. The molecule has 3 rings (SSSR count). The van der Waals surface area contributed by atoms with Crippen LogP contribution >= 0.6 is 0 Å². The van der Waals surface area contributed by atoms with E-state index in [1.807, 2.05) is 39.0 Å². The molecule has 0 fully saturated rings. The van der Waals surface area contributed by atoms with E-state index in [0.29, 0.717) is 42.7 Å². The van der Waals surface area contributed by atoms with Crippen LogP contribution in [0.25, 0.3) is 6.08 Å². The van der Waals surface area contributed by atoms with Gasteiger partial charge in [0.1, 0.15) is 18.8 Å². The van der Waals surface area contributed by atoms with E-state index in [9.17, 15) is 9.59 Å². The van der Waals surface area contributed by atoms with Crippen molar-refractivity contribution in [1.82, 2.24) is 4.90 Å². The van der Waals surface area contributed by atoms with Crippen LogP contribution in [0.5, 0.6) is 17.2 Å². The van der Waals surface area contributed by atoms with E-state index in [4.69, 9.17) is 18.9 Å². The highest BCUT2D eigenvalue weighted by Gasteiger charge is 2.20. The second-order valence-corrected chi connectivity index (χ2v) is 8.61. The Morgan fingerprint density at radius 2 is 1.91 bits per heavy atom. The van der Waals surface area contributed by atoms with Crippen LogP contribution < -0.4 is 19.5 Å². The highest BCUT2D eigenvalue weighted by Crippen LogP contribution is 2.40. The Bertz CT molecular complexity index is 1020. The van der Waals surface area contributed by atoms with Crippen LogP contribution in [0, 0.1) is 0 Å². The number of amides is 2. The fraction of sp³-hybridized carbons (Fsp3) is 0.360. The zero-order chi connectivity index (χ0) is 24.0. The van der Waals surface area contributed by atoms with Crippen molar-refractivity contribution in [2.24, 2.45) is 0 Å². The molecule has 8 nitrogen and oxygen atoms in total. The molecule has 0 radical (unpaired) electrons. The molecule has 1 heterocycles.